The van der Waals surface area contributed by atoms with Gasteiger partial charge in [-0.1, -0.05) is 37.2 Å². The fourth-order valence-electron chi connectivity index (χ4n) is 2.52. The van der Waals surface area contributed by atoms with E-state index in [1.54, 1.807) is 4.68 Å². The normalized spacial score (nSPS) is 10.8. The Hall–Kier alpha value is -2.81. The molecule has 1 aromatic heterocycles. The zero-order valence-electron chi connectivity index (χ0n) is 15.2. The van der Waals surface area contributed by atoms with Crippen LogP contribution < -0.4 is 5.32 Å². The van der Waals surface area contributed by atoms with Crippen LogP contribution in [0, 0.1) is 11.6 Å². The Bertz CT molecular complexity index is 946. The quantitative estimate of drug-likeness (QED) is 0.575. The number of hydrogen-bond acceptors (Lipinski definition) is 5. The summed E-state index contributed by atoms with van der Waals surface area (Å²) in [7, 11) is 0. The van der Waals surface area contributed by atoms with Crippen molar-refractivity contribution in [3.05, 3.63) is 59.7 Å². The number of carbonyl (C=O) groups is 1. The summed E-state index contributed by atoms with van der Waals surface area (Å²) in [4.78, 5) is 12.1. The number of benzene rings is 2. The van der Waals surface area contributed by atoms with Crippen molar-refractivity contribution < 1.29 is 13.6 Å². The molecule has 0 aliphatic carbocycles. The van der Waals surface area contributed by atoms with Gasteiger partial charge in [-0.05, 0) is 53.1 Å². The lowest BCUT2D eigenvalue weighted by Crippen LogP contribution is -2.15. The molecule has 2 aromatic carbocycles. The number of rotatable bonds is 8. The van der Waals surface area contributed by atoms with Crippen LogP contribution in [-0.4, -0.2) is 31.9 Å². The Morgan fingerprint density at radius 2 is 1.93 bits per heavy atom. The van der Waals surface area contributed by atoms with Crippen molar-refractivity contribution in [3.8, 4) is 5.69 Å². The van der Waals surface area contributed by atoms with Crippen molar-refractivity contribution in [2.75, 3.05) is 11.1 Å². The van der Waals surface area contributed by atoms with Crippen LogP contribution >= 0.6 is 11.8 Å². The lowest BCUT2D eigenvalue weighted by atomic mass is 10.1. The Kier molecular flexibility index (Phi) is 6.70. The molecule has 28 heavy (non-hydrogen) atoms. The van der Waals surface area contributed by atoms with E-state index in [-0.39, 0.29) is 17.3 Å². The molecule has 3 aromatic rings. The molecule has 3 rings (SSSR count). The molecular weight excluding hydrogens is 384 g/mol. The minimum atomic E-state index is -1.02. The standard InChI is InChI=1S/C19H19F2N5OS/c1-2-3-4-13-5-8-15(9-6-13)26-19(23-24-25-26)28-12-18(27)22-14-7-10-16(20)17(21)11-14/h5-11H,2-4,12H2,1H3,(H,22,27). The highest BCUT2D eigenvalue weighted by atomic mass is 32.2. The predicted octanol–water partition coefficient (Wildman–Crippen LogP) is 4.01. The fourth-order valence-corrected chi connectivity index (χ4v) is 3.21. The van der Waals surface area contributed by atoms with Gasteiger partial charge in [0, 0.05) is 11.8 Å². The van der Waals surface area contributed by atoms with Crippen molar-refractivity contribution >= 4 is 23.4 Å². The molecule has 0 aliphatic rings. The number of carbonyl (C=O) groups excluding carboxylic acids is 1. The number of aromatic nitrogens is 4. The van der Waals surface area contributed by atoms with Gasteiger partial charge in [0.05, 0.1) is 11.4 Å². The molecule has 0 unspecified atom stereocenters. The van der Waals surface area contributed by atoms with Gasteiger partial charge in [0.15, 0.2) is 11.6 Å². The first-order valence-corrected chi connectivity index (χ1v) is 9.80. The molecule has 1 N–H and O–H groups in total. The van der Waals surface area contributed by atoms with Crippen molar-refractivity contribution in [2.24, 2.45) is 0 Å². The van der Waals surface area contributed by atoms with Gasteiger partial charge in [-0.25, -0.2) is 8.78 Å². The number of halogens is 2. The highest BCUT2D eigenvalue weighted by molar-refractivity contribution is 7.99. The molecule has 1 amide bonds. The van der Waals surface area contributed by atoms with E-state index < -0.39 is 11.6 Å². The first kappa shape index (κ1) is 19.9. The zero-order valence-corrected chi connectivity index (χ0v) is 16.0. The van der Waals surface area contributed by atoms with Crippen molar-refractivity contribution in [3.63, 3.8) is 0 Å². The number of aryl methyl sites for hydroxylation is 1. The maximum atomic E-state index is 13.2. The van der Waals surface area contributed by atoms with Gasteiger partial charge < -0.3 is 5.32 Å². The van der Waals surface area contributed by atoms with Gasteiger partial charge in [-0.3, -0.25) is 4.79 Å². The monoisotopic (exact) mass is 403 g/mol. The summed E-state index contributed by atoms with van der Waals surface area (Å²) >= 11 is 1.15. The van der Waals surface area contributed by atoms with Crippen LogP contribution in [0.5, 0.6) is 0 Å². The van der Waals surface area contributed by atoms with Crippen molar-refractivity contribution in [1.82, 2.24) is 20.2 Å². The molecule has 9 heteroatoms. The summed E-state index contributed by atoms with van der Waals surface area (Å²) in [6.45, 7) is 2.15. The molecule has 0 fully saturated rings. The Morgan fingerprint density at radius 3 is 2.64 bits per heavy atom. The van der Waals surface area contributed by atoms with E-state index in [1.807, 2.05) is 24.3 Å². The van der Waals surface area contributed by atoms with Crippen LogP contribution in [0.2, 0.25) is 0 Å². The van der Waals surface area contributed by atoms with Crippen LogP contribution in [0.25, 0.3) is 5.69 Å². The summed E-state index contributed by atoms with van der Waals surface area (Å²) < 4.78 is 27.7. The van der Waals surface area contributed by atoms with E-state index in [0.717, 1.165) is 48.8 Å². The highest BCUT2D eigenvalue weighted by Crippen LogP contribution is 2.20. The molecule has 0 saturated carbocycles. The largest absolute Gasteiger partial charge is 0.325 e. The maximum Gasteiger partial charge on any atom is 0.234 e. The van der Waals surface area contributed by atoms with Crippen LogP contribution in [0.4, 0.5) is 14.5 Å². The second-order valence-electron chi connectivity index (χ2n) is 6.11. The van der Waals surface area contributed by atoms with E-state index in [2.05, 4.69) is 27.8 Å². The van der Waals surface area contributed by atoms with Gasteiger partial charge in [-0.2, -0.15) is 4.68 Å². The van der Waals surface area contributed by atoms with Crippen molar-refractivity contribution in [2.45, 2.75) is 31.3 Å². The van der Waals surface area contributed by atoms with E-state index in [4.69, 9.17) is 0 Å². The van der Waals surface area contributed by atoms with Gasteiger partial charge in [-0.15, -0.1) is 5.10 Å². The average molecular weight is 403 g/mol. The minimum Gasteiger partial charge on any atom is -0.325 e. The summed E-state index contributed by atoms with van der Waals surface area (Å²) in [6.07, 6.45) is 3.30. The first-order valence-electron chi connectivity index (χ1n) is 8.82. The van der Waals surface area contributed by atoms with Gasteiger partial charge in [0.1, 0.15) is 0 Å². The van der Waals surface area contributed by atoms with Gasteiger partial charge >= 0.3 is 0 Å². The molecule has 1 heterocycles. The fraction of sp³-hybridized carbons (Fsp3) is 0.263. The van der Waals surface area contributed by atoms with Crippen LogP contribution in [0.15, 0.2) is 47.6 Å². The molecule has 0 saturated heterocycles. The smallest absolute Gasteiger partial charge is 0.234 e. The number of hydrogen-bond donors (Lipinski definition) is 1. The molecule has 0 radical (unpaired) electrons. The second kappa shape index (κ2) is 9.41. The predicted molar refractivity (Wildman–Crippen MR) is 103 cm³/mol. The van der Waals surface area contributed by atoms with E-state index in [9.17, 15) is 13.6 Å². The topological polar surface area (TPSA) is 72.7 Å². The third-order valence-corrected chi connectivity index (χ3v) is 4.90. The minimum absolute atomic E-state index is 0.0218. The number of unbranched alkanes of at least 4 members (excludes halogenated alkanes) is 1. The number of tetrazole rings is 1. The number of anilines is 1. The van der Waals surface area contributed by atoms with Crippen LogP contribution in [0.3, 0.4) is 0 Å². The first-order chi connectivity index (χ1) is 13.6. The zero-order chi connectivity index (χ0) is 19.9. The Morgan fingerprint density at radius 1 is 1.14 bits per heavy atom. The van der Waals surface area contributed by atoms with Crippen molar-refractivity contribution in [1.29, 1.82) is 0 Å². The van der Waals surface area contributed by atoms with Gasteiger partial charge in [0.2, 0.25) is 11.1 Å². The molecule has 0 atom stereocenters. The molecule has 6 nitrogen and oxygen atoms in total. The van der Waals surface area contributed by atoms with Gasteiger partial charge in [0.25, 0.3) is 0 Å². The number of nitrogens with one attached hydrogen (secondary N) is 1. The second-order valence-corrected chi connectivity index (χ2v) is 7.05. The SMILES string of the molecule is CCCCc1ccc(-n2nnnc2SCC(=O)Nc2ccc(F)c(F)c2)cc1. The molecular formula is C19H19F2N5OS. The molecule has 0 aliphatic heterocycles. The molecule has 146 valence electrons. The maximum absolute atomic E-state index is 13.2. The third-order valence-electron chi connectivity index (χ3n) is 3.98. The van der Waals surface area contributed by atoms with E-state index in [1.165, 1.54) is 11.6 Å². The lowest BCUT2D eigenvalue weighted by Gasteiger charge is -2.07. The molecule has 0 bridgehead atoms. The number of thioether (sulfide) groups is 1. The summed E-state index contributed by atoms with van der Waals surface area (Å²) in [5, 5.41) is 14.6. The van der Waals surface area contributed by atoms with E-state index >= 15 is 0 Å². The van der Waals surface area contributed by atoms with E-state index in [0.29, 0.717) is 5.16 Å². The summed E-state index contributed by atoms with van der Waals surface area (Å²) in [5.74, 6) is -2.34. The third kappa shape index (κ3) is 5.13. The highest BCUT2D eigenvalue weighted by Gasteiger charge is 2.12. The lowest BCUT2D eigenvalue weighted by molar-refractivity contribution is -0.113. The van der Waals surface area contributed by atoms with Crippen LogP contribution in [0.1, 0.15) is 25.3 Å². The average Bonchev–Trinajstić information content (AvgIpc) is 3.17. The Balaban J connectivity index is 1.60. The molecule has 0 spiro atoms. The van der Waals surface area contributed by atoms with Crippen LogP contribution in [-0.2, 0) is 11.2 Å². The Labute approximate surface area is 165 Å². The summed E-state index contributed by atoms with van der Waals surface area (Å²) in [5.41, 5.74) is 2.24. The summed E-state index contributed by atoms with van der Waals surface area (Å²) in [6, 6.07) is 11.1. The number of amides is 1. The number of nitrogens with zero attached hydrogens (tertiary/aromatic N) is 4.